The normalized spacial score (nSPS) is 12.9. The summed E-state index contributed by atoms with van der Waals surface area (Å²) in [4.78, 5) is 0. The van der Waals surface area contributed by atoms with E-state index in [9.17, 15) is 0 Å². The molecule has 1 atom stereocenters. The molecule has 0 unspecified atom stereocenters. The fourth-order valence-corrected chi connectivity index (χ4v) is 1.92. The summed E-state index contributed by atoms with van der Waals surface area (Å²) in [6.07, 6.45) is 4.32. The summed E-state index contributed by atoms with van der Waals surface area (Å²) in [5.74, 6) is 0.762. The zero-order chi connectivity index (χ0) is 13.4. The van der Waals surface area contributed by atoms with E-state index in [1.807, 2.05) is 0 Å². The lowest BCUT2D eigenvalue weighted by Crippen LogP contribution is -2.30. The lowest BCUT2D eigenvalue weighted by atomic mass is 10.0. The Morgan fingerprint density at radius 1 is 1.33 bits per heavy atom. The number of rotatable bonds is 8. The first-order chi connectivity index (χ1) is 8.58. The molecule has 0 fully saturated rings. The van der Waals surface area contributed by atoms with Crippen LogP contribution in [0, 0.1) is 19.3 Å². The van der Waals surface area contributed by atoms with Gasteiger partial charge in [-0.05, 0) is 50.8 Å². The molecule has 1 radical (unpaired) electrons. The van der Waals surface area contributed by atoms with Gasteiger partial charge in [-0.2, -0.15) is 0 Å². The molecule has 2 heteroatoms. The van der Waals surface area contributed by atoms with E-state index >= 15 is 0 Å². The molecule has 18 heavy (non-hydrogen) atoms. The predicted molar refractivity (Wildman–Crippen MR) is 79.5 cm³/mol. The summed E-state index contributed by atoms with van der Waals surface area (Å²) < 4.78 is 0. The van der Waals surface area contributed by atoms with Crippen LogP contribution in [0.1, 0.15) is 31.4 Å². The topological polar surface area (TPSA) is 38.0 Å². The van der Waals surface area contributed by atoms with Crippen molar-refractivity contribution < 1.29 is 0 Å². The van der Waals surface area contributed by atoms with Crippen LogP contribution in [0.4, 0.5) is 0 Å². The molecule has 0 aliphatic carbocycles. The molecule has 0 aliphatic rings. The van der Waals surface area contributed by atoms with Gasteiger partial charge >= 0.3 is 0 Å². The van der Waals surface area contributed by atoms with E-state index in [1.54, 1.807) is 0 Å². The number of benzene rings is 1. The lowest BCUT2D eigenvalue weighted by molar-refractivity contribution is 0.542. The van der Waals surface area contributed by atoms with Crippen molar-refractivity contribution >= 4 is 0 Å². The fourth-order valence-electron chi connectivity index (χ4n) is 1.92. The monoisotopic (exact) mass is 247 g/mol. The van der Waals surface area contributed by atoms with Crippen molar-refractivity contribution in [1.29, 1.82) is 0 Å². The molecule has 0 aliphatic heterocycles. The van der Waals surface area contributed by atoms with Crippen molar-refractivity contribution in [2.45, 2.75) is 39.7 Å². The first-order valence-electron chi connectivity index (χ1n) is 6.93. The second-order valence-electron chi connectivity index (χ2n) is 5.48. The Labute approximate surface area is 112 Å². The van der Waals surface area contributed by atoms with E-state index in [-0.39, 0.29) is 6.04 Å². The van der Waals surface area contributed by atoms with Crippen molar-refractivity contribution in [2.24, 2.45) is 11.7 Å². The van der Waals surface area contributed by atoms with Crippen LogP contribution in [0.2, 0.25) is 0 Å². The summed E-state index contributed by atoms with van der Waals surface area (Å²) in [5, 5.41) is 3.41. The van der Waals surface area contributed by atoms with Crippen LogP contribution in [0.15, 0.2) is 24.3 Å². The molecule has 3 N–H and O–H groups in total. The molecule has 1 aromatic carbocycles. The third-order valence-corrected chi connectivity index (χ3v) is 3.02. The van der Waals surface area contributed by atoms with Crippen LogP contribution < -0.4 is 11.1 Å². The van der Waals surface area contributed by atoms with E-state index in [4.69, 9.17) is 5.73 Å². The van der Waals surface area contributed by atoms with Crippen LogP contribution in [-0.4, -0.2) is 19.1 Å². The van der Waals surface area contributed by atoms with Crippen molar-refractivity contribution in [1.82, 2.24) is 5.32 Å². The largest absolute Gasteiger partial charge is 0.327 e. The van der Waals surface area contributed by atoms with Gasteiger partial charge in [-0.15, -0.1) is 0 Å². The van der Waals surface area contributed by atoms with Gasteiger partial charge in [0.15, 0.2) is 0 Å². The van der Waals surface area contributed by atoms with Crippen LogP contribution in [0.5, 0.6) is 0 Å². The first-order valence-corrected chi connectivity index (χ1v) is 6.93. The number of hydrogen-bond donors (Lipinski definition) is 2. The molecule has 1 aromatic rings. The molecular formula is C16H27N2. The van der Waals surface area contributed by atoms with Gasteiger partial charge in [0.25, 0.3) is 0 Å². The van der Waals surface area contributed by atoms with Gasteiger partial charge < -0.3 is 11.1 Å². The lowest BCUT2D eigenvalue weighted by Gasteiger charge is -2.13. The average Bonchev–Trinajstić information content (AvgIpc) is 2.28. The number of nitrogens with one attached hydrogen (secondary N) is 1. The van der Waals surface area contributed by atoms with Crippen LogP contribution in [-0.2, 0) is 6.42 Å². The highest BCUT2D eigenvalue weighted by Gasteiger charge is 2.04. The number of aryl methyl sites for hydroxylation is 1. The first kappa shape index (κ1) is 15.2. The summed E-state index contributed by atoms with van der Waals surface area (Å²) in [7, 11) is 0. The fraction of sp³-hybridized carbons (Fsp3) is 0.562. The minimum atomic E-state index is 0.137. The highest BCUT2D eigenvalue weighted by molar-refractivity contribution is 5.23. The molecule has 0 aromatic heterocycles. The predicted octanol–water partition coefficient (Wildman–Crippen LogP) is 2.70. The summed E-state index contributed by atoms with van der Waals surface area (Å²) in [5.41, 5.74) is 8.72. The minimum Gasteiger partial charge on any atom is -0.327 e. The molecule has 0 amide bonds. The van der Waals surface area contributed by atoms with Crippen molar-refractivity contribution in [2.75, 3.05) is 13.1 Å². The SMILES string of the molecule is Cc1cccc(C[C@@H](N)[CH]CNCCC(C)C)c1. The van der Waals surface area contributed by atoms with E-state index in [2.05, 4.69) is 56.8 Å². The third kappa shape index (κ3) is 6.77. The van der Waals surface area contributed by atoms with Gasteiger partial charge in [0.05, 0.1) is 0 Å². The smallest absolute Gasteiger partial charge is 0.0124 e. The van der Waals surface area contributed by atoms with Crippen molar-refractivity contribution in [3.63, 3.8) is 0 Å². The van der Waals surface area contributed by atoms with E-state index in [1.165, 1.54) is 17.5 Å². The molecule has 101 valence electrons. The number of hydrogen-bond acceptors (Lipinski definition) is 2. The van der Waals surface area contributed by atoms with Gasteiger partial charge in [-0.3, -0.25) is 0 Å². The molecule has 1 rings (SSSR count). The third-order valence-electron chi connectivity index (χ3n) is 3.02. The minimum absolute atomic E-state index is 0.137. The maximum absolute atomic E-state index is 6.10. The van der Waals surface area contributed by atoms with Crippen molar-refractivity contribution in [3.8, 4) is 0 Å². The second kappa shape index (κ2) is 8.28. The average molecular weight is 247 g/mol. The Balaban J connectivity index is 2.16. The highest BCUT2D eigenvalue weighted by Crippen LogP contribution is 2.07. The van der Waals surface area contributed by atoms with E-state index in [0.717, 1.165) is 25.4 Å². The van der Waals surface area contributed by atoms with Crippen LogP contribution in [0.25, 0.3) is 0 Å². The molecule has 2 nitrogen and oxygen atoms in total. The Kier molecular flexibility index (Phi) is 6.99. The number of nitrogens with two attached hydrogens (primary N) is 1. The molecule has 0 bridgehead atoms. The Morgan fingerprint density at radius 2 is 2.11 bits per heavy atom. The second-order valence-corrected chi connectivity index (χ2v) is 5.48. The van der Waals surface area contributed by atoms with Gasteiger partial charge in [0.2, 0.25) is 0 Å². The van der Waals surface area contributed by atoms with Crippen molar-refractivity contribution in [3.05, 3.63) is 41.8 Å². The molecular weight excluding hydrogens is 220 g/mol. The Bertz CT molecular complexity index is 334. The summed E-state index contributed by atoms with van der Waals surface area (Å²) in [6, 6.07) is 8.70. The zero-order valence-electron chi connectivity index (χ0n) is 11.9. The van der Waals surface area contributed by atoms with Crippen LogP contribution in [0.3, 0.4) is 0 Å². The summed E-state index contributed by atoms with van der Waals surface area (Å²) in [6.45, 7) is 8.58. The molecule has 0 saturated carbocycles. The molecule has 0 saturated heterocycles. The Hall–Kier alpha value is -0.860. The molecule has 0 heterocycles. The summed E-state index contributed by atoms with van der Waals surface area (Å²) >= 11 is 0. The van der Waals surface area contributed by atoms with E-state index in [0.29, 0.717) is 0 Å². The van der Waals surface area contributed by atoms with E-state index < -0.39 is 0 Å². The zero-order valence-corrected chi connectivity index (χ0v) is 11.9. The van der Waals surface area contributed by atoms with Gasteiger partial charge in [0, 0.05) is 6.04 Å². The molecule has 0 spiro atoms. The quantitative estimate of drug-likeness (QED) is 0.693. The van der Waals surface area contributed by atoms with Gasteiger partial charge in [0.1, 0.15) is 0 Å². The van der Waals surface area contributed by atoms with Gasteiger partial charge in [-0.1, -0.05) is 43.7 Å². The standard InChI is InChI=1S/C16H27N2/c1-13(2)7-9-18-10-8-16(17)12-15-6-4-5-14(3)11-15/h4-6,8,11,13,16,18H,7,9-10,12,17H2,1-3H3/t16-/m0/s1. The maximum Gasteiger partial charge on any atom is 0.0124 e. The Morgan fingerprint density at radius 3 is 2.78 bits per heavy atom. The van der Waals surface area contributed by atoms with Gasteiger partial charge in [-0.25, -0.2) is 0 Å². The highest BCUT2D eigenvalue weighted by atomic mass is 14.9. The van der Waals surface area contributed by atoms with Crippen LogP contribution >= 0.6 is 0 Å². The maximum atomic E-state index is 6.10.